The third kappa shape index (κ3) is 3.98. The minimum atomic E-state index is -1.33. The van der Waals surface area contributed by atoms with Gasteiger partial charge in [0, 0.05) is 6.21 Å². The number of rotatable bonds is 5. The van der Waals surface area contributed by atoms with Gasteiger partial charge in [0.2, 0.25) is 5.91 Å². The minimum Gasteiger partial charge on any atom is -0.495 e. The van der Waals surface area contributed by atoms with E-state index in [-0.39, 0.29) is 11.3 Å². The highest BCUT2D eigenvalue weighted by atomic mass is 16.5. The van der Waals surface area contributed by atoms with Gasteiger partial charge in [0.1, 0.15) is 5.75 Å². The van der Waals surface area contributed by atoms with Crippen LogP contribution in [-0.4, -0.2) is 44.2 Å². The van der Waals surface area contributed by atoms with Gasteiger partial charge in [0.05, 0.1) is 31.2 Å². The van der Waals surface area contributed by atoms with E-state index >= 15 is 0 Å². The Bertz CT molecular complexity index is 1020. The van der Waals surface area contributed by atoms with Crippen molar-refractivity contribution >= 4 is 41.4 Å². The fourth-order valence-electron chi connectivity index (χ4n) is 2.76. The molecule has 1 heterocycles. The molecule has 0 aromatic heterocycles. The van der Waals surface area contributed by atoms with Gasteiger partial charge in [-0.3, -0.25) is 19.9 Å². The maximum Gasteiger partial charge on any atom is 0.337 e. The Hall–Kier alpha value is -4.01. The number of benzene rings is 2. The van der Waals surface area contributed by atoms with E-state index in [1.165, 1.54) is 26.4 Å². The number of imide groups is 2. The number of aliphatic imine (C=N–C) groups is 1. The fraction of sp³-hybridized carbons (Fsp3) is 0.150. The molecule has 3 rings (SSSR count). The quantitative estimate of drug-likeness (QED) is 0.471. The summed E-state index contributed by atoms with van der Waals surface area (Å²) in [6.45, 7) is 0. The number of nitrogens with one attached hydrogen (secondary N) is 1. The van der Waals surface area contributed by atoms with Gasteiger partial charge >= 0.3 is 12.0 Å². The number of amides is 4. The number of nitrogens with zero attached hydrogens (tertiary/aromatic N) is 2. The van der Waals surface area contributed by atoms with Crippen molar-refractivity contribution in [1.29, 1.82) is 0 Å². The summed E-state index contributed by atoms with van der Waals surface area (Å²) >= 11 is 0. The Labute approximate surface area is 165 Å². The molecule has 2 aromatic rings. The van der Waals surface area contributed by atoms with E-state index in [0.29, 0.717) is 11.4 Å². The molecule has 4 amide bonds. The summed E-state index contributed by atoms with van der Waals surface area (Å²) in [6.07, 6.45) is 1.13. The standard InChI is InChI=1S/C20H17N3O6/c1-28-16-9-4-3-8-15(16)23-18(25)14(17(24)22-20(23)27)11-21-13-7-5-6-12(10-13)19(26)29-2/h3-11,14H,1-2H3,(H,22,24,27)/t14-/m0/s1. The summed E-state index contributed by atoms with van der Waals surface area (Å²) in [4.78, 5) is 54.0. The van der Waals surface area contributed by atoms with E-state index in [2.05, 4.69) is 15.0 Å². The van der Waals surface area contributed by atoms with E-state index in [0.717, 1.165) is 11.1 Å². The van der Waals surface area contributed by atoms with Crippen LogP contribution in [0.2, 0.25) is 0 Å². The fourth-order valence-corrected chi connectivity index (χ4v) is 2.76. The first-order valence-electron chi connectivity index (χ1n) is 8.50. The zero-order chi connectivity index (χ0) is 21.0. The van der Waals surface area contributed by atoms with E-state index in [4.69, 9.17) is 4.74 Å². The monoisotopic (exact) mass is 395 g/mol. The number of urea groups is 1. The summed E-state index contributed by atoms with van der Waals surface area (Å²) in [5, 5.41) is 2.14. The summed E-state index contributed by atoms with van der Waals surface area (Å²) in [6, 6.07) is 11.8. The van der Waals surface area contributed by atoms with Crippen LogP contribution < -0.4 is 15.0 Å². The number of ether oxygens (including phenoxy) is 2. The van der Waals surface area contributed by atoms with Crippen LogP contribution in [0.3, 0.4) is 0 Å². The lowest BCUT2D eigenvalue weighted by Gasteiger charge is -2.29. The first-order chi connectivity index (χ1) is 14.0. The smallest absolute Gasteiger partial charge is 0.337 e. The molecule has 0 unspecified atom stereocenters. The number of esters is 1. The summed E-state index contributed by atoms with van der Waals surface area (Å²) in [5.74, 6) is -3.14. The van der Waals surface area contributed by atoms with Crippen LogP contribution in [0.1, 0.15) is 10.4 Å². The summed E-state index contributed by atoms with van der Waals surface area (Å²) in [7, 11) is 2.66. The van der Waals surface area contributed by atoms with Gasteiger partial charge in [0.25, 0.3) is 5.91 Å². The van der Waals surface area contributed by atoms with Crippen LogP contribution >= 0.6 is 0 Å². The molecule has 0 saturated carbocycles. The molecule has 1 aliphatic heterocycles. The average Bonchev–Trinajstić information content (AvgIpc) is 2.73. The third-order valence-corrected chi connectivity index (χ3v) is 4.17. The molecule has 9 nitrogen and oxygen atoms in total. The molecule has 1 aliphatic rings. The first kappa shape index (κ1) is 19.7. The second-order valence-electron chi connectivity index (χ2n) is 5.94. The lowest BCUT2D eigenvalue weighted by atomic mass is 10.1. The Morgan fingerprint density at radius 1 is 1.10 bits per heavy atom. The molecule has 1 atom stereocenters. The number of methoxy groups -OCH3 is 2. The molecule has 1 N–H and O–H groups in total. The number of carbonyl (C=O) groups excluding carboxylic acids is 4. The number of barbiturate groups is 1. The summed E-state index contributed by atoms with van der Waals surface area (Å²) in [5.41, 5.74) is 0.817. The number of anilines is 1. The van der Waals surface area contributed by atoms with Gasteiger partial charge in [-0.2, -0.15) is 0 Å². The van der Waals surface area contributed by atoms with E-state index in [1.807, 2.05) is 0 Å². The van der Waals surface area contributed by atoms with Crippen molar-refractivity contribution in [3.05, 3.63) is 54.1 Å². The highest BCUT2D eigenvalue weighted by molar-refractivity contribution is 6.33. The Balaban J connectivity index is 1.90. The Morgan fingerprint density at radius 3 is 2.59 bits per heavy atom. The van der Waals surface area contributed by atoms with Gasteiger partial charge in [-0.05, 0) is 30.3 Å². The highest BCUT2D eigenvalue weighted by Crippen LogP contribution is 2.30. The number of hydrogen-bond donors (Lipinski definition) is 1. The van der Waals surface area contributed by atoms with Crippen molar-refractivity contribution in [3.63, 3.8) is 0 Å². The normalized spacial score (nSPS) is 16.7. The van der Waals surface area contributed by atoms with Crippen LogP contribution in [0, 0.1) is 5.92 Å². The van der Waals surface area contributed by atoms with E-state index < -0.39 is 29.7 Å². The lowest BCUT2D eigenvalue weighted by Crippen LogP contribution is -2.58. The molecule has 1 saturated heterocycles. The molecule has 148 valence electrons. The summed E-state index contributed by atoms with van der Waals surface area (Å²) < 4.78 is 9.85. The third-order valence-electron chi connectivity index (χ3n) is 4.17. The molecular formula is C20H17N3O6. The van der Waals surface area contributed by atoms with Gasteiger partial charge in [-0.1, -0.05) is 18.2 Å². The van der Waals surface area contributed by atoms with Crippen molar-refractivity contribution in [3.8, 4) is 5.75 Å². The number of hydrogen-bond acceptors (Lipinski definition) is 7. The van der Waals surface area contributed by atoms with Crippen LogP contribution in [0.4, 0.5) is 16.2 Å². The van der Waals surface area contributed by atoms with Crippen LogP contribution in [0.15, 0.2) is 53.5 Å². The second kappa shape index (κ2) is 8.34. The van der Waals surface area contributed by atoms with Crippen LogP contribution in [-0.2, 0) is 14.3 Å². The van der Waals surface area contributed by atoms with Crippen LogP contribution in [0.5, 0.6) is 5.75 Å². The van der Waals surface area contributed by atoms with Crippen LogP contribution in [0.25, 0.3) is 0 Å². The lowest BCUT2D eigenvalue weighted by molar-refractivity contribution is -0.131. The number of carbonyl (C=O) groups is 4. The zero-order valence-electron chi connectivity index (χ0n) is 15.6. The van der Waals surface area contributed by atoms with Gasteiger partial charge < -0.3 is 9.47 Å². The predicted molar refractivity (Wildman–Crippen MR) is 103 cm³/mol. The maximum absolute atomic E-state index is 12.9. The van der Waals surface area contributed by atoms with Gasteiger partial charge in [-0.15, -0.1) is 0 Å². The molecule has 2 aromatic carbocycles. The van der Waals surface area contributed by atoms with E-state index in [1.54, 1.807) is 36.4 Å². The molecular weight excluding hydrogens is 378 g/mol. The van der Waals surface area contributed by atoms with Crippen molar-refractivity contribution < 1.29 is 28.7 Å². The van der Waals surface area contributed by atoms with E-state index in [9.17, 15) is 19.2 Å². The second-order valence-corrected chi connectivity index (χ2v) is 5.94. The molecule has 0 radical (unpaired) electrons. The minimum absolute atomic E-state index is 0.205. The SMILES string of the molecule is COC(=O)c1cccc(N=C[C@H]2C(=O)NC(=O)N(c3ccccc3OC)C2=O)c1. The van der Waals surface area contributed by atoms with Crippen molar-refractivity contribution in [2.24, 2.45) is 10.9 Å². The molecule has 0 bridgehead atoms. The van der Waals surface area contributed by atoms with Crippen molar-refractivity contribution in [2.45, 2.75) is 0 Å². The average molecular weight is 395 g/mol. The first-order valence-corrected chi connectivity index (χ1v) is 8.50. The topological polar surface area (TPSA) is 114 Å². The molecule has 9 heteroatoms. The molecule has 0 spiro atoms. The van der Waals surface area contributed by atoms with Crippen molar-refractivity contribution in [2.75, 3.05) is 19.1 Å². The zero-order valence-corrected chi connectivity index (χ0v) is 15.6. The number of para-hydroxylation sites is 2. The van der Waals surface area contributed by atoms with Gasteiger partial charge in [-0.25, -0.2) is 14.5 Å². The molecule has 1 fully saturated rings. The largest absolute Gasteiger partial charge is 0.495 e. The molecule has 29 heavy (non-hydrogen) atoms. The highest BCUT2D eigenvalue weighted by Gasteiger charge is 2.41. The van der Waals surface area contributed by atoms with Crippen molar-refractivity contribution in [1.82, 2.24) is 5.32 Å². The maximum atomic E-state index is 12.9. The Kier molecular flexibility index (Phi) is 5.68. The van der Waals surface area contributed by atoms with Gasteiger partial charge in [0.15, 0.2) is 5.92 Å². The Morgan fingerprint density at radius 2 is 1.86 bits per heavy atom. The molecule has 0 aliphatic carbocycles. The predicted octanol–water partition coefficient (Wildman–Crippen LogP) is 2.08.